The van der Waals surface area contributed by atoms with E-state index in [0.717, 1.165) is 17.8 Å². The Hall–Kier alpha value is -2.86. The van der Waals surface area contributed by atoms with Gasteiger partial charge in [-0.25, -0.2) is 0 Å². The second-order valence-electron chi connectivity index (χ2n) is 8.48. The minimum Gasteiger partial charge on any atom is -0.497 e. The van der Waals surface area contributed by atoms with Gasteiger partial charge in [0.1, 0.15) is 5.75 Å². The second-order valence-corrected chi connectivity index (χ2v) is 8.48. The molecular formula is C25H31N3O3. The van der Waals surface area contributed by atoms with Crippen molar-refractivity contribution >= 4 is 17.5 Å². The number of amides is 2. The van der Waals surface area contributed by atoms with Gasteiger partial charge < -0.3 is 15.0 Å². The van der Waals surface area contributed by atoms with Gasteiger partial charge in [-0.15, -0.1) is 0 Å². The van der Waals surface area contributed by atoms with Crippen LogP contribution in [0.2, 0.25) is 0 Å². The largest absolute Gasteiger partial charge is 0.497 e. The van der Waals surface area contributed by atoms with Gasteiger partial charge in [0.2, 0.25) is 11.8 Å². The molecule has 164 valence electrons. The number of nitrogens with zero attached hydrogens (tertiary/aromatic N) is 2. The summed E-state index contributed by atoms with van der Waals surface area (Å²) in [6, 6.07) is 15.9. The number of hydrogen-bond donors (Lipinski definition) is 1. The molecule has 6 nitrogen and oxygen atoms in total. The summed E-state index contributed by atoms with van der Waals surface area (Å²) in [7, 11) is 1.60. The average molecular weight is 422 g/mol. The normalized spacial score (nSPS) is 19.5. The number of hydrogen-bond acceptors (Lipinski definition) is 4. The molecule has 1 atom stereocenters. The lowest BCUT2D eigenvalue weighted by atomic mass is 10.1. The molecule has 1 unspecified atom stereocenters. The number of ether oxygens (including phenoxy) is 1. The third-order valence-corrected chi connectivity index (χ3v) is 6.21. The Morgan fingerprint density at radius 1 is 1.06 bits per heavy atom. The molecule has 31 heavy (non-hydrogen) atoms. The highest BCUT2D eigenvalue weighted by atomic mass is 16.5. The molecule has 1 N–H and O–H groups in total. The number of carbonyl (C=O) groups excluding carboxylic acids is 2. The third-order valence-electron chi connectivity index (χ3n) is 6.21. The number of likely N-dealkylation sites (tertiary alicyclic amines) is 1. The van der Waals surface area contributed by atoms with Gasteiger partial charge in [0.15, 0.2) is 0 Å². The van der Waals surface area contributed by atoms with Crippen molar-refractivity contribution in [2.45, 2.75) is 38.8 Å². The first-order valence-corrected chi connectivity index (χ1v) is 11.1. The van der Waals surface area contributed by atoms with Crippen molar-refractivity contribution in [2.75, 3.05) is 31.6 Å². The van der Waals surface area contributed by atoms with Crippen molar-refractivity contribution in [1.29, 1.82) is 0 Å². The summed E-state index contributed by atoms with van der Waals surface area (Å²) in [5.41, 5.74) is 3.15. The van der Waals surface area contributed by atoms with Crippen LogP contribution in [0.3, 0.4) is 0 Å². The molecular weight excluding hydrogens is 390 g/mol. The number of benzene rings is 2. The fourth-order valence-electron chi connectivity index (χ4n) is 4.38. The SMILES string of the molecule is COc1cccc(N2CC(C(=O)NCc3ccc(CN4CCCCC4)cc3)CC2=O)c1. The van der Waals surface area contributed by atoms with E-state index in [1.165, 1.54) is 37.9 Å². The Balaban J connectivity index is 1.28. The zero-order valence-electron chi connectivity index (χ0n) is 18.2. The molecule has 2 saturated heterocycles. The van der Waals surface area contributed by atoms with Crippen LogP contribution in [-0.2, 0) is 22.7 Å². The first kappa shape index (κ1) is 21.4. The summed E-state index contributed by atoms with van der Waals surface area (Å²) in [4.78, 5) is 29.3. The maximum Gasteiger partial charge on any atom is 0.227 e. The van der Waals surface area contributed by atoms with Crippen molar-refractivity contribution in [3.8, 4) is 5.75 Å². The zero-order valence-corrected chi connectivity index (χ0v) is 18.2. The van der Waals surface area contributed by atoms with E-state index in [0.29, 0.717) is 18.8 Å². The minimum atomic E-state index is -0.336. The minimum absolute atomic E-state index is 0.0320. The summed E-state index contributed by atoms with van der Waals surface area (Å²) in [6.45, 7) is 4.24. The monoisotopic (exact) mass is 421 g/mol. The molecule has 0 spiro atoms. The Morgan fingerprint density at radius 3 is 2.55 bits per heavy atom. The van der Waals surface area contributed by atoms with E-state index in [-0.39, 0.29) is 24.2 Å². The summed E-state index contributed by atoms with van der Waals surface area (Å²) in [6.07, 6.45) is 4.17. The molecule has 2 aliphatic heterocycles. The summed E-state index contributed by atoms with van der Waals surface area (Å²) in [5.74, 6) is 0.255. The van der Waals surface area contributed by atoms with Crippen LogP contribution in [0.5, 0.6) is 5.75 Å². The van der Waals surface area contributed by atoms with E-state index in [1.54, 1.807) is 12.0 Å². The highest BCUT2D eigenvalue weighted by Gasteiger charge is 2.35. The lowest BCUT2D eigenvalue weighted by Crippen LogP contribution is -2.32. The van der Waals surface area contributed by atoms with Gasteiger partial charge in [-0.05, 0) is 49.2 Å². The van der Waals surface area contributed by atoms with E-state index in [1.807, 2.05) is 24.3 Å². The van der Waals surface area contributed by atoms with Gasteiger partial charge >= 0.3 is 0 Å². The zero-order chi connectivity index (χ0) is 21.6. The predicted octanol–water partition coefficient (Wildman–Crippen LogP) is 3.35. The molecule has 0 saturated carbocycles. The Morgan fingerprint density at radius 2 is 1.81 bits per heavy atom. The van der Waals surface area contributed by atoms with E-state index in [4.69, 9.17) is 4.74 Å². The lowest BCUT2D eigenvalue weighted by Gasteiger charge is -2.26. The standard InChI is InChI=1S/C25H31N3O3/c1-31-23-7-5-6-22(15-23)28-18-21(14-24(28)29)25(30)26-16-19-8-10-20(11-9-19)17-27-12-3-2-4-13-27/h5-11,15,21H,2-4,12-14,16-18H2,1H3,(H,26,30). The van der Waals surface area contributed by atoms with Gasteiger partial charge in [0.25, 0.3) is 0 Å². The van der Waals surface area contributed by atoms with Crippen LogP contribution in [0.4, 0.5) is 5.69 Å². The van der Waals surface area contributed by atoms with E-state index >= 15 is 0 Å². The molecule has 0 aliphatic carbocycles. The van der Waals surface area contributed by atoms with E-state index < -0.39 is 0 Å². The van der Waals surface area contributed by atoms with Crippen molar-refractivity contribution in [2.24, 2.45) is 5.92 Å². The number of rotatable bonds is 7. The van der Waals surface area contributed by atoms with Crippen molar-refractivity contribution in [3.63, 3.8) is 0 Å². The Kier molecular flexibility index (Phi) is 6.87. The number of anilines is 1. The van der Waals surface area contributed by atoms with Gasteiger partial charge in [-0.2, -0.15) is 0 Å². The third kappa shape index (κ3) is 5.44. The molecule has 2 fully saturated rings. The number of piperidine rings is 1. The van der Waals surface area contributed by atoms with Crippen LogP contribution >= 0.6 is 0 Å². The first-order chi connectivity index (χ1) is 15.1. The summed E-state index contributed by atoms with van der Waals surface area (Å²) >= 11 is 0. The molecule has 2 amide bonds. The van der Waals surface area contributed by atoms with Crippen LogP contribution in [0.25, 0.3) is 0 Å². The molecule has 2 aliphatic rings. The Labute approximate surface area is 184 Å². The maximum absolute atomic E-state index is 12.7. The van der Waals surface area contributed by atoms with Gasteiger partial charge in [-0.3, -0.25) is 14.5 Å². The van der Waals surface area contributed by atoms with Gasteiger partial charge in [0, 0.05) is 37.8 Å². The molecule has 6 heteroatoms. The molecule has 2 aromatic carbocycles. The first-order valence-electron chi connectivity index (χ1n) is 11.1. The number of methoxy groups -OCH3 is 1. The highest BCUT2D eigenvalue weighted by Crippen LogP contribution is 2.28. The van der Waals surface area contributed by atoms with Gasteiger partial charge in [-0.1, -0.05) is 36.8 Å². The summed E-state index contributed by atoms with van der Waals surface area (Å²) < 4.78 is 5.24. The molecule has 4 rings (SSSR count). The van der Waals surface area contributed by atoms with Crippen molar-refractivity contribution in [1.82, 2.24) is 10.2 Å². The highest BCUT2D eigenvalue weighted by molar-refractivity contribution is 6.00. The van der Waals surface area contributed by atoms with E-state index in [9.17, 15) is 9.59 Å². The van der Waals surface area contributed by atoms with E-state index in [2.05, 4.69) is 34.5 Å². The van der Waals surface area contributed by atoms with Crippen molar-refractivity contribution < 1.29 is 14.3 Å². The second kappa shape index (κ2) is 9.96. The lowest BCUT2D eigenvalue weighted by molar-refractivity contribution is -0.126. The van der Waals surface area contributed by atoms with Crippen LogP contribution in [0, 0.1) is 5.92 Å². The molecule has 0 aromatic heterocycles. The topological polar surface area (TPSA) is 61.9 Å². The summed E-state index contributed by atoms with van der Waals surface area (Å²) in [5, 5.41) is 3.00. The quantitative estimate of drug-likeness (QED) is 0.745. The number of nitrogens with one attached hydrogen (secondary N) is 1. The predicted molar refractivity (Wildman–Crippen MR) is 121 cm³/mol. The van der Waals surface area contributed by atoms with Crippen LogP contribution < -0.4 is 15.0 Å². The Bertz CT molecular complexity index is 906. The van der Waals surface area contributed by atoms with Gasteiger partial charge in [0.05, 0.1) is 13.0 Å². The van der Waals surface area contributed by atoms with Crippen molar-refractivity contribution in [3.05, 3.63) is 59.7 Å². The molecule has 0 radical (unpaired) electrons. The molecule has 2 aromatic rings. The van der Waals surface area contributed by atoms with Crippen LogP contribution in [0.15, 0.2) is 48.5 Å². The molecule has 0 bridgehead atoms. The van der Waals surface area contributed by atoms with Crippen LogP contribution in [-0.4, -0.2) is 43.5 Å². The average Bonchev–Trinajstić information content (AvgIpc) is 3.21. The fourth-order valence-corrected chi connectivity index (χ4v) is 4.38. The maximum atomic E-state index is 12.7. The smallest absolute Gasteiger partial charge is 0.227 e. The number of carbonyl (C=O) groups is 2. The van der Waals surface area contributed by atoms with Crippen LogP contribution in [0.1, 0.15) is 36.8 Å². The fraction of sp³-hybridized carbons (Fsp3) is 0.440. The molecule has 2 heterocycles.